The van der Waals surface area contributed by atoms with E-state index in [9.17, 15) is 0 Å². The summed E-state index contributed by atoms with van der Waals surface area (Å²) < 4.78 is 6.35. The van der Waals surface area contributed by atoms with E-state index in [1.54, 1.807) is 0 Å². The zero-order chi connectivity index (χ0) is 29.0. The third kappa shape index (κ3) is 3.89. The Morgan fingerprint density at radius 1 is 0.295 bits per heavy atom. The van der Waals surface area contributed by atoms with Crippen LogP contribution in [0.25, 0.3) is 65.4 Å². The molecule has 2 heteroatoms. The summed E-state index contributed by atoms with van der Waals surface area (Å²) in [4.78, 5) is 2.29. The molecule has 1 heterocycles. The lowest BCUT2D eigenvalue weighted by Crippen LogP contribution is -2.09. The summed E-state index contributed by atoms with van der Waals surface area (Å²) in [5, 5.41) is 9.94. The number of hydrogen-bond acceptors (Lipinski definition) is 2. The molecule has 44 heavy (non-hydrogen) atoms. The maximum absolute atomic E-state index is 6.35. The first-order valence-corrected chi connectivity index (χ1v) is 15.0. The van der Waals surface area contributed by atoms with Gasteiger partial charge in [0, 0.05) is 27.8 Å². The van der Waals surface area contributed by atoms with Crippen LogP contribution in [0.5, 0.6) is 0 Å². The van der Waals surface area contributed by atoms with Gasteiger partial charge in [-0.05, 0) is 104 Å². The standard InChI is InChI=1S/C42H27NO/c1-3-11-30(12-4-1)43(31-13-5-2-6-14-31)32-21-24-42-40(27-32)39-26-29(20-23-41(39)44-42)28-19-22-37-35-17-8-7-15-33(35)34-16-9-10-18-36(34)38(37)25-28/h1-27H. The average molecular weight is 562 g/mol. The van der Waals surface area contributed by atoms with Crippen molar-refractivity contribution >= 4 is 71.3 Å². The number of hydrogen-bond donors (Lipinski definition) is 0. The maximum atomic E-state index is 6.35. The fourth-order valence-corrected chi connectivity index (χ4v) is 6.77. The van der Waals surface area contributed by atoms with Gasteiger partial charge in [0.15, 0.2) is 0 Å². The summed E-state index contributed by atoms with van der Waals surface area (Å²) in [6, 6.07) is 58.5. The number of para-hydroxylation sites is 2. The molecule has 0 saturated heterocycles. The average Bonchev–Trinajstić information content (AvgIpc) is 3.47. The Kier molecular flexibility index (Phi) is 5.54. The predicted octanol–water partition coefficient (Wildman–Crippen LogP) is 12.2. The number of anilines is 3. The maximum Gasteiger partial charge on any atom is 0.135 e. The molecule has 2 nitrogen and oxygen atoms in total. The van der Waals surface area contributed by atoms with E-state index in [1.165, 1.54) is 43.4 Å². The van der Waals surface area contributed by atoms with Gasteiger partial charge in [-0.25, -0.2) is 0 Å². The molecule has 0 spiro atoms. The monoisotopic (exact) mass is 561 g/mol. The van der Waals surface area contributed by atoms with E-state index >= 15 is 0 Å². The second-order valence-corrected chi connectivity index (χ2v) is 11.4. The highest BCUT2D eigenvalue weighted by atomic mass is 16.3. The van der Waals surface area contributed by atoms with Crippen molar-refractivity contribution in [3.05, 3.63) is 164 Å². The van der Waals surface area contributed by atoms with Crippen LogP contribution in [0.3, 0.4) is 0 Å². The van der Waals surface area contributed by atoms with Crippen LogP contribution in [0.1, 0.15) is 0 Å². The van der Waals surface area contributed by atoms with Crippen LogP contribution in [0.4, 0.5) is 17.1 Å². The first-order valence-electron chi connectivity index (χ1n) is 15.0. The molecule has 1 aromatic heterocycles. The van der Waals surface area contributed by atoms with Gasteiger partial charge in [-0.15, -0.1) is 0 Å². The Morgan fingerprint density at radius 3 is 1.32 bits per heavy atom. The second kappa shape index (κ2) is 9.86. The summed E-state index contributed by atoms with van der Waals surface area (Å²) in [5.41, 5.74) is 7.47. The van der Waals surface area contributed by atoms with Gasteiger partial charge < -0.3 is 9.32 Å². The summed E-state index contributed by atoms with van der Waals surface area (Å²) in [7, 11) is 0. The van der Waals surface area contributed by atoms with Crippen molar-refractivity contribution in [1.82, 2.24) is 0 Å². The molecule has 0 fully saturated rings. The summed E-state index contributed by atoms with van der Waals surface area (Å²) >= 11 is 0. The van der Waals surface area contributed by atoms with Gasteiger partial charge in [0.2, 0.25) is 0 Å². The Labute approximate surface area is 255 Å². The summed E-state index contributed by atoms with van der Waals surface area (Å²) in [5.74, 6) is 0. The van der Waals surface area contributed by atoms with E-state index in [2.05, 4.69) is 169 Å². The summed E-state index contributed by atoms with van der Waals surface area (Å²) in [6.07, 6.45) is 0. The first kappa shape index (κ1) is 24.7. The van der Waals surface area contributed by atoms with Gasteiger partial charge in [-0.1, -0.05) is 103 Å². The minimum Gasteiger partial charge on any atom is -0.456 e. The van der Waals surface area contributed by atoms with E-state index in [1.807, 2.05) is 0 Å². The molecule has 0 saturated carbocycles. The molecule has 0 N–H and O–H groups in total. The molecule has 0 radical (unpaired) electrons. The fraction of sp³-hybridized carbons (Fsp3) is 0. The van der Waals surface area contributed by atoms with Gasteiger partial charge in [0.25, 0.3) is 0 Å². The lowest BCUT2D eigenvalue weighted by molar-refractivity contribution is 0.669. The van der Waals surface area contributed by atoms with E-state index in [4.69, 9.17) is 4.42 Å². The van der Waals surface area contributed by atoms with Gasteiger partial charge in [0.05, 0.1) is 0 Å². The third-order valence-electron chi connectivity index (χ3n) is 8.82. The normalized spacial score (nSPS) is 11.6. The van der Waals surface area contributed by atoms with Crippen LogP contribution >= 0.6 is 0 Å². The molecule has 0 atom stereocenters. The lowest BCUT2D eigenvalue weighted by Gasteiger charge is -2.25. The topological polar surface area (TPSA) is 16.4 Å². The van der Waals surface area contributed by atoms with Crippen molar-refractivity contribution in [2.75, 3.05) is 4.90 Å². The smallest absolute Gasteiger partial charge is 0.135 e. The lowest BCUT2D eigenvalue weighted by atomic mass is 9.92. The van der Waals surface area contributed by atoms with Crippen molar-refractivity contribution < 1.29 is 4.42 Å². The minimum absolute atomic E-state index is 0.887. The predicted molar refractivity (Wildman–Crippen MR) is 186 cm³/mol. The minimum atomic E-state index is 0.887. The van der Waals surface area contributed by atoms with Crippen LogP contribution < -0.4 is 4.90 Å². The number of benzene rings is 8. The van der Waals surface area contributed by atoms with E-state index in [-0.39, 0.29) is 0 Å². The van der Waals surface area contributed by atoms with Crippen LogP contribution in [0, 0.1) is 0 Å². The quantitative estimate of drug-likeness (QED) is 0.199. The van der Waals surface area contributed by atoms with Crippen molar-refractivity contribution in [1.29, 1.82) is 0 Å². The number of furan rings is 1. The molecular formula is C42H27NO. The van der Waals surface area contributed by atoms with E-state index in [0.717, 1.165) is 39.0 Å². The number of nitrogens with zero attached hydrogens (tertiary/aromatic N) is 1. The zero-order valence-electron chi connectivity index (χ0n) is 23.9. The molecule has 0 amide bonds. The molecule has 9 rings (SSSR count). The van der Waals surface area contributed by atoms with E-state index < -0.39 is 0 Å². The van der Waals surface area contributed by atoms with Crippen molar-refractivity contribution in [2.45, 2.75) is 0 Å². The van der Waals surface area contributed by atoms with Crippen molar-refractivity contribution in [3.63, 3.8) is 0 Å². The van der Waals surface area contributed by atoms with Crippen LogP contribution in [-0.4, -0.2) is 0 Å². The van der Waals surface area contributed by atoms with Gasteiger partial charge in [-0.3, -0.25) is 0 Å². The zero-order valence-corrected chi connectivity index (χ0v) is 23.9. The van der Waals surface area contributed by atoms with Crippen LogP contribution in [0.15, 0.2) is 168 Å². The highest BCUT2D eigenvalue weighted by Crippen LogP contribution is 2.41. The molecule has 0 aliphatic heterocycles. The molecule has 0 aliphatic rings. The van der Waals surface area contributed by atoms with Gasteiger partial charge >= 0.3 is 0 Å². The molecular weight excluding hydrogens is 534 g/mol. The molecule has 0 bridgehead atoms. The molecule has 9 aromatic rings. The van der Waals surface area contributed by atoms with Crippen molar-refractivity contribution in [3.8, 4) is 11.1 Å². The highest BCUT2D eigenvalue weighted by molar-refractivity contribution is 6.25. The van der Waals surface area contributed by atoms with Crippen molar-refractivity contribution in [2.24, 2.45) is 0 Å². The second-order valence-electron chi connectivity index (χ2n) is 11.4. The largest absolute Gasteiger partial charge is 0.456 e. The Morgan fingerprint density at radius 2 is 0.727 bits per heavy atom. The Balaban J connectivity index is 1.22. The van der Waals surface area contributed by atoms with Crippen LogP contribution in [-0.2, 0) is 0 Å². The molecule has 8 aromatic carbocycles. The summed E-state index contributed by atoms with van der Waals surface area (Å²) in [6.45, 7) is 0. The molecule has 206 valence electrons. The first-order chi connectivity index (χ1) is 21.8. The SMILES string of the molecule is c1ccc(N(c2ccccc2)c2ccc3oc4ccc(-c5ccc6c7ccccc7c7ccccc7c6c5)cc4c3c2)cc1. The Bertz CT molecular complexity index is 2420. The number of fused-ring (bicyclic) bond motifs is 9. The Hall–Kier alpha value is -5.86. The third-order valence-corrected chi connectivity index (χ3v) is 8.82. The number of rotatable bonds is 4. The van der Waals surface area contributed by atoms with Gasteiger partial charge in [-0.2, -0.15) is 0 Å². The van der Waals surface area contributed by atoms with Crippen LogP contribution in [0.2, 0.25) is 0 Å². The molecule has 0 unspecified atom stereocenters. The van der Waals surface area contributed by atoms with Gasteiger partial charge in [0.1, 0.15) is 11.2 Å². The highest BCUT2D eigenvalue weighted by Gasteiger charge is 2.16. The van der Waals surface area contributed by atoms with E-state index in [0.29, 0.717) is 0 Å². The molecule has 0 aliphatic carbocycles. The fourth-order valence-electron chi connectivity index (χ4n) is 6.77.